The summed E-state index contributed by atoms with van der Waals surface area (Å²) in [5, 5.41) is 1.99. The van der Waals surface area contributed by atoms with Crippen LogP contribution in [0.3, 0.4) is 0 Å². The van der Waals surface area contributed by atoms with E-state index in [1.807, 2.05) is 18.4 Å². The summed E-state index contributed by atoms with van der Waals surface area (Å²) in [5.74, 6) is 0.0301. The minimum Gasteiger partial charge on any atom is -0.303 e. The van der Waals surface area contributed by atoms with Crippen LogP contribution in [0.25, 0.3) is 0 Å². The van der Waals surface area contributed by atoms with Crippen molar-refractivity contribution in [2.45, 2.75) is 12.8 Å². The fraction of sp³-hybridized carbons (Fsp3) is 0.286. The van der Waals surface area contributed by atoms with Crippen molar-refractivity contribution in [2.24, 2.45) is 0 Å². The van der Waals surface area contributed by atoms with E-state index < -0.39 is 0 Å². The summed E-state index contributed by atoms with van der Waals surface area (Å²) in [7, 11) is 0. The molecule has 1 aromatic rings. The van der Waals surface area contributed by atoms with E-state index in [1.54, 1.807) is 11.3 Å². The first-order chi connectivity index (χ1) is 4.74. The SMILES string of the molecule is CC(C=O)c1csc(Br)c1. The number of carbonyl (C=O) groups excluding carboxylic acids is 1. The van der Waals surface area contributed by atoms with Crippen molar-refractivity contribution < 1.29 is 4.79 Å². The van der Waals surface area contributed by atoms with Gasteiger partial charge >= 0.3 is 0 Å². The maximum absolute atomic E-state index is 10.3. The summed E-state index contributed by atoms with van der Waals surface area (Å²) in [5.41, 5.74) is 1.09. The van der Waals surface area contributed by atoms with Crippen LogP contribution in [0, 0.1) is 0 Å². The second-order valence-corrected chi connectivity index (χ2v) is 4.40. The Kier molecular flexibility index (Phi) is 2.63. The molecule has 0 aromatic carbocycles. The third-order valence-corrected chi connectivity index (χ3v) is 2.84. The van der Waals surface area contributed by atoms with Crippen LogP contribution >= 0.6 is 27.3 Å². The molecule has 0 bridgehead atoms. The highest BCUT2D eigenvalue weighted by molar-refractivity contribution is 9.11. The predicted octanol–water partition coefficient (Wildman–Crippen LogP) is 2.81. The van der Waals surface area contributed by atoms with Crippen LogP contribution < -0.4 is 0 Å². The van der Waals surface area contributed by atoms with Gasteiger partial charge < -0.3 is 4.79 Å². The van der Waals surface area contributed by atoms with Gasteiger partial charge in [-0.2, -0.15) is 0 Å². The minimum absolute atomic E-state index is 0.0301. The summed E-state index contributed by atoms with van der Waals surface area (Å²) >= 11 is 4.94. The Balaban J connectivity index is 2.84. The quantitative estimate of drug-likeness (QED) is 0.699. The fourth-order valence-electron chi connectivity index (χ4n) is 0.641. The van der Waals surface area contributed by atoms with Crippen molar-refractivity contribution in [3.8, 4) is 0 Å². The molecule has 10 heavy (non-hydrogen) atoms. The molecule has 1 aromatic heterocycles. The Morgan fingerprint density at radius 1 is 1.80 bits per heavy atom. The lowest BCUT2D eigenvalue weighted by molar-refractivity contribution is -0.108. The van der Waals surface area contributed by atoms with E-state index in [0.29, 0.717) is 0 Å². The van der Waals surface area contributed by atoms with Crippen molar-refractivity contribution in [1.82, 2.24) is 0 Å². The number of hydrogen-bond acceptors (Lipinski definition) is 2. The second-order valence-electron chi connectivity index (χ2n) is 2.11. The summed E-state index contributed by atoms with van der Waals surface area (Å²) < 4.78 is 1.08. The van der Waals surface area contributed by atoms with Crippen molar-refractivity contribution in [3.63, 3.8) is 0 Å². The molecule has 0 N–H and O–H groups in total. The molecule has 54 valence electrons. The van der Waals surface area contributed by atoms with Crippen LogP contribution in [0.1, 0.15) is 18.4 Å². The second kappa shape index (κ2) is 3.30. The first-order valence-electron chi connectivity index (χ1n) is 2.93. The molecule has 0 amide bonds. The van der Waals surface area contributed by atoms with Crippen LogP contribution in [0.4, 0.5) is 0 Å². The van der Waals surface area contributed by atoms with E-state index in [0.717, 1.165) is 15.6 Å². The molecular weight excluding hydrogens is 212 g/mol. The molecule has 3 heteroatoms. The molecule has 0 radical (unpaired) electrons. The Bertz CT molecular complexity index is 231. The third kappa shape index (κ3) is 1.67. The maximum atomic E-state index is 10.3. The molecule has 1 nitrogen and oxygen atoms in total. The summed E-state index contributed by atoms with van der Waals surface area (Å²) in [6.45, 7) is 1.89. The molecular formula is C7H7BrOS. The van der Waals surface area contributed by atoms with E-state index in [-0.39, 0.29) is 5.92 Å². The van der Waals surface area contributed by atoms with Crippen molar-refractivity contribution in [1.29, 1.82) is 0 Å². The molecule has 0 saturated carbocycles. The standard InChI is InChI=1S/C7H7BrOS/c1-5(3-9)6-2-7(8)10-4-6/h2-5H,1H3. The summed E-state index contributed by atoms with van der Waals surface area (Å²) in [6, 6.07) is 1.98. The average molecular weight is 219 g/mol. The molecule has 1 unspecified atom stereocenters. The average Bonchev–Trinajstić information content (AvgIpc) is 2.34. The number of carbonyl (C=O) groups is 1. The van der Waals surface area contributed by atoms with Crippen molar-refractivity contribution >= 4 is 33.6 Å². The van der Waals surface area contributed by atoms with Gasteiger partial charge in [0, 0.05) is 5.92 Å². The Morgan fingerprint density at radius 2 is 2.50 bits per heavy atom. The molecule has 0 aliphatic rings. The maximum Gasteiger partial charge on any atom is 0.127 e. The Hall–Kier alpha value is -0.150. The van der Waals surface area contributed by atoms with E-state index in [9.17, 15) is 4.79 Å². The third-order valence-electron chi connectivity index (χ3n) is 1.32. The molecule has 0 aliphatic heterocycles. The molecule has 0 saturated heterocycles. The molecule has 1 atom stereocenters. The van der Waals surface area contributed by atoms with E-state index >= 15 is 0 Å². The zero-order chi connectivity index (χ0) is 7.56. The number of aldehydes is 1. The number of halogens is 1. The van der Waals surface area contributed by atoms with Crippen LogP contribution in [0.15, 0.2) is 15.2 Å². The molecule has 1 rings (SSSR count). The Morgan fingerprint density at radius 3 is 2.90 bits per heavy atom. The highest BCUT2D eigenvalue weighted by Gasteiger charge is 2.04. The number of thiophene rings is 1. The highest BCUT2D eigenvalue weighted by Crippen LogP contribution is 2.24. The van der Waals surface area contributed by atoms with Gasteiger partial charge in [-0.05, 0) is 32.9 Å². The zero-order valence-electron chi connectivity index (χ0n) is 5.50. The van der Waals surface area contributed by atoms with Gasteiger partial charge in [0.25, 0.3) is 0 Å². The van der Waals surface area contributed by atoms with Gasteiger partial charge in [-0.15, -0.1) is 11.3 Å². The van der Waals surface area contributed by atoms with Gasteiger partial charge in [-0.25, -0.2) is 0 Å². The number of hydrogen-bond donors (Lipinski definition) is 0. The minimum atomic E-state index is 0.0301. The van der Waals surface area contributed by atoms with Gasteiger partial charge in [-0.3, -0.25) is 0 Å². The van der Waals surface area contributed by atoms with Crippen LogP contribution in [-0.4, -0.2) is 6.29 Å². The lowest BCUT2D eigenvalue weighted by Crippen LogP contribution is -1.89. The summed E-state index contributed by atoms with van der Waals surface area (Å²) in [4.78, 5) is 10.3. The Labute approximate surface area is 72.2 Å². The van der Waals surface area contributed by atoms with E-state index in [2.05, 4.69) is 15.9 Å². The lowest BCUT2D eigenvalue weighted by atomic mass is 10.1. The predicted molar refractivity (Wildman–Crippen MR) is 46.5 cm³/mol. The van der Waals surface area contributed by atoms with Crippen LogP contribution in [-0.2, 0) is 4.79 Å². The molecule has 1 heterocycles. The summed E-state index contributed by atoms with van der Waals surface area (Å²) in [6.07, 6.45) is 0.953. The van der Waals surface area contributed by atoms with Crippen LogP contribution in [0.2, 0.25) is 0 Å². The van der Waals surface area contributed by atoms with Gasteiger partial charge in [0.2, 0.25) is 0 Å². The monoisotopic (exact) mass is 218 g/mol. The number of rotatable bonds is 2. The smallest absolute Gasteiger partial charge is 0.127 e. The van der Waals surface area contributed by atoms with Crippen LogP contribution in [0.5, 0.6) is 0 Å². The van der Waals surface area contributed by atoms with Gasteiger partial charge in [0.15, 0.2) is 0 Å². The van der Waals surface area contributed by atoms with Gasteiger partial charge in [-0.1, -0.05) is 6.92 Å². The first-order valence-corrected chi connectivity index (χ1v) is 4.60. The zero-order valence-corrected chi connectivity index (χ0v) is 7.91. The van der Waals surface area contributed by atoms with Crippen molar-refractivity contribution in [2.75, 3.05) is 0 Å². The first kappa shape index (κ1) is 7.95. The molecule has 0 aliphatic carbocycles. The van der Waals surface area contributed by atoms with Gasteiger partial charge in [0.05, 0.1) is 3.79 Å². The van der Waals surface area contributed by atoms with Crippen molar-refractivity contribution in [3.05, 3.63) is 20.8 Å². The highest BCUT2D eigenvalue weighted by atomic mass is 79.9. The molecule has 0 spiro atoms. The van der Waals surface area contributed by atoms with Gasteiger partial charge in [0.1, 0.15) is 6.29 Å². The van der Waals surface area contributed by atoms with E-state index in [4.69, 9.17) is 0 Å². The van der Waals surface area contributed by atoms with E-state index in [1.165, 1.54) is 0 Å². The normalized spacial score (nSPS) is 13.0. The largest absolute Gasteiger partial charge is 0.303 e. The molecule has 0 fully saturated rings. The fourth-order valence-corrected chi connectivity index (χ4v) is 1.92. The lowest BCUT2D eigenvalue weighted by Gasteiger charge is -1.95. The topological polar surface area (TPSA) is 17.1 Å².